The first kappa shape index (κ1) is 33.9. The van der Waals surface area contributed by atoms with Crippen molar-refractivity contribution < 1.29 is 28.6 Å². The van der Waals surface area contributed by atoms with E-state index in [4.69, 9.17) is 14.2 Å². The monoisotopic (exact) mass is 577 g/mol. The number of esters is 3. The van der Waals surface area contributed by atoms with Gasteiger partial charge in [0.1, 0.15) is 17.8 Å². The van der Waals surface area contributed by atoms with Crippen LogP contribution in [0.25, 0.3) is 0 Å². The molecule has 236 valence electrons. The minimum Gasteiger partial charge on any atom is -0.464 e. The first-order valence-corrected chi connectivity index (χ1v) is 16.1. The lowest BCUT2D eigenvalue weighted by atomic mass is 9.54. The molecule has 0 amide bonds. The molecule has 7 nitrogen and oxygen atoms in total. The molecule has 0 aliphatic heterocycles. The van der Waals surface area contributed by atoms with E-state index in [2.05, 4.69) is 0 Å². The quantitative estimate of drug-likeness (QED) is 0.163. The molecule has 4 saturated carbocycles. The molecule has 4 aliphatic rings. The Morgan fingerprint density at radius 3 is 1.68 bits per heavy atom. The van der Waals surface area contributed by atoms with Crippen LogP contribution in [0.3, 0.4) is 0 Å². The van der Waals surface area contributed by atoms with E-state index in [1.54, 1.807) is 0 Å². The number of hydrogen-bond donors (Lipinski definition) is 0. The number of likely N-dealkylation sites (N-methyl/N-ethyl adjacent to an activating group) is 1. The number of rotatable bonds is 14. The smallest absolute Gasteiger partial charge is 0.312 e. The molecule has 0 radical (unpaired) electrons. The molecule has 4 aliphatic carbocycles. The van der Waals surface area contributed by atoms with E-state index < -0.39 is 21.8 Å². The molecule has 0 spiro atoms. The summed E-state index contributed by atoms with van der Waals surface area (Å²) in [5, 5.41) is 0. The summed E-state index contributed by atoms with van der Waals surface area (Å²) >= 11 is 0. The maximum Gasteiger partial charge on any atom is 0.312 e. The molecule has 41 heavy (non-hydrogen) atoms. The maximum atomic E-state index is 14.2. The molecule has 0 N–H and O–H groups in total. The molecule has 0 aromatic rings. The van der Waals surface area contributed by atoms with Crippen LogP contribution in [0.2, 0.25) is 0 Å². The zero-order chi connectivity index (χ0) is 30.9. The van der Waals surface area contributed by atoms with Gasteiger partial charge in [0.15, 0.2) is 0 Å². The molecular formula is C34H59NO6. The van der Waals surface area contributed by atoms with Gasteiger partial charge in [0.2, 0.25) is 0 Å². The second kappa shape index (κ2) is 12.5. The van der Waals surface area contributed by atoms with Crippen LogP contribution in [0.15, 0.2) is 0 Å². The van der Waals surface area contributed by atoms with Gasteiger partial charge in [0, 0.05) is 6.54 Å². The first-order chi connectivity index (χ1) is 18.8. The van der Waals surface area contributed by atoms with E-state index in [0.717, 1.165) is 19.3 Å². The van der Waals surface area contributed by atoms with Crippen molar-refractivity contribution in [3.63, 3.8) is 0 Å². The van der Waals surface area contributed by atoms with Crippen molar-refractivity contribution in [3.8, 4) is 0 Å². The highest BCUT2D eigenvalue weighted by Crippen LogP contribution is 2.58. The summed E-state index contributed by atoms with van der Waals surface area (Å²) in [6.45, 7) is 16.3. The Morgan fingerprint density at radius 2 is 1.22 bits per heavy atom. The van der Waals surface area contributed by atoms with E-state index in [9.17, 15) is 14.4 Å². The molecular weight excluding hydrogens is 518 g/mol. The van der Waals surface area contributed by atoms with Crippen LogP contribution < -0.4 is 0 Å². The van der Waals surface area contributed by atoms with Gasteiger partial charge >= 0.3 is 17.9 Å². The summed E-state index contributed by atoms with van der Waals surface area (Å²) < 4.78 is 18.0. The van der Waals surface area contributed by atoms with Crippen LogP contribution in [-0.2, 0) is 28.6 Å². The largest absolute Gasteiger partial charge is 0.464 e. The van der Waals surface area contributed by atoms with Crippen LogP contribution in [0.5, 0.6) is 0 Å². The van der Waals surface area contributed by atoms with E-state index in [0.29, 0.717) is 63.0 Å². The van der Waals surface area contributed by atoms with Crippen LogP contribution in [0, 0.1) is 34.0 Å². The molecule has 7 heteroatoms. The number of carbonyl (C=O) groups is 3. The normalized spacial score (nSPS) is 28.6. The molecule has 0 aromatic heterocycles. The molecule has 2 atom stereocenters. The summed E-state index contributed by atoms with van der Waals surface area (Å²) in [5.41, 5.74) is -3.20. The first-order valence-electron chi connectivity index (χ1n) is 16.1. The Kier molecular flexibility index (Phi) is 10.4. The molecule has 0 saturated heterocycles. The molecule has 4 rings (SSSR count). The molecule has 0 heterocycles. The maximum absolute atomic E-state index is 14.2. The van der Waals surface area contributed by atoms with E-state index >= 15 is 0 Å². The highest BCUT2D eigenvalue weighted by molar-refractivity contribution is 5.79. The average molecular weight is 578 g/mol. The van der Waals surface area contributed by atoms with Crippen LogP contribution >= 0.6 is 0 Å². The third-order valence-electron chi connectivity index (χ3n) is 10.3. The summed E-state index contributed by atoms with van der Waals surface area (Å²) in [4.78, 5) is 42.5. The van der Waals surface area contributed by atoms with Gasteiger partial charge in [-0.25, -0.2) is 0 Å². The predicted octanol–water partition coefficient (Wildman–Crippen LogP) is 6.95. The zero-order valence-electron chi connectivity index (χ0n) is 27.8. The Hall–Kier alpha value is -1.63. The van der Waals surface area contributed by atoms with Crippen molar-refractivity contribution in [1.82, 2.24) is 4.90 Å². The fourth-order valence-electron chi connectivity index (χ4n) is 7.38. The highest BCUT2D eigenvalue weighted by Gasteiger charge is 2.55. The average Bonchev–Trinajstić information content (AvgIpc) is 2.83. The molecule has 4 bridgehead atoms. The van der Waals surface area contributed by atoms with Gasteiger partial charge in [-0.1, -0.05) is 6.92 Å². The Morgan fingerprint density at radius 1 is 0.732 bits per heavy atom. The third-order valence-corrected chi connectivity index (χ3v) is 10.3. The second-order valence-corrected chi connectivity index (χ2v) is 16.3. The van der Waals surface area contributed by atoms with Crippen LogP contribution in [0.1, 0.15) is 126 Å². The third kappa shape index (κ3) is 8.70. The number of ether oxygens (including phenoxy) is 3. The van der Waals surface area contributed by atoms with Gasteiger partial charge in [-0.05, 0) is 151 Å². The lowest BCUT2D eigenvalue weighted by Crippen LogP contribution is -2.54. The lowest BCUT2D eigenvalue weighted by Gasteiger charge is -2.56. The van der Waals surface area contributed by atoms with Gasteiger partial charge in [0.25, 0.3) is 0 Å². The molecule has 2 unspecified atom stereocenters. The van der Waals surface area contributed by atoms with E-state index in [-0.39, 0.29) is 23.5 Å². The molecule has 0 aromatic carbocycles. The summed E-state index contributed by atoms with van der Waals surface area (Å²) in [5.74, 6) is 1.38. The highest BCUT2D eigenvalue weighted by atomic mass is 16.6. The minimum absolute atomic E-state index is 0.168. The topological polar surface area (TPSA) is 82.1 Å². The van der Waals surface area contributed by atoms with Crippen molar-refractivity contribution in [2.75, 3.05) is 27.2 Å². The van der Waals surface area contributed by atoms with Crippen molar-refractivity contribution >= 4 is 17.9 Å². The van der Waals surface area contributed by atoms with Gasteiger partial charge < -0.3 is 19.1 Å². The van der Waals surface area contributed by atoms with Crippen LogP contribution in [0.4, 0.5) is 0 Å². The molecule has 4 fully saturated rings. The number of hydrogen-bond acceptors (Lipinski definition) is 7. The fourth-order valence-corrected chi connectivity index (χ4v) is 7.38. The van der Waals surface area contributed by atoms with E-state index in [1.165, 1.54) is 19.3 Å². The van der Waals surface area contributed by atoms with E-state index in [1.807, 2.05) is 74.4 Å². The summed E-state index contributed by atoms with van der Waals surface area (Å²) in [7, 11) is 3.90. The zero-order valence-corrected chi connectivity index (χ0v) is 27.8. The fraction of sp³-hybridized carbons (Fsp3) is 0.912. The van der Waals surface area contributed by atoms with Crippen molar-refractivity contribution in [1.29, 1.82) is 0 Å². The Bertz CT molecular complexity index is 914. The van der Waals surface area contributed by atoms with Gasteiger partial charge in [-0.3, -0.25) is 14.4 Å². The van der Waals surface area contributed by atoms with Crippen molar-refractivity contribution in [3.05, 3.63) is 0 Å². The van der Waals surface area contributed by atoms with Gasteiger partial charge in [-0.2, -0.15) is 0 Å². The Labute approximate surface area is 249 Å². The predicted molar refractivity (Wildman–Crippen MR) is 161 cm³/mol. The Balaban J connectivity index is 1.77. The second-order valence-electron chi connectivity index (χ2n) is 16.3. The number of nitrogens with zero attached hydrogens (tertiary/aromatic N) is 1. The lowest BCUT2D eigenvalue weighted by molar-refractivity contribution is -0.198. The van der Waals surface area contributed by atoms with Crippen LogP contribution in [-0.4, -0.2) is 61.3 Å². The standard InChI is InChI=1S/C34H59NO6/c1-11-32(7,28(37)39-17-16-35(9)10)14-15-33(8,13-12-31(5,6)27(36)40-30(2,3)4)29(38)41-34-21-24-18-25(22-34)20-26(19-24)23-34/h24-26H,11-23H2,1-10H3. The van der Waals surface area contributed by atoms with Gasteiger partial charge in [-0.15, -0.1) is 0 Å². The van der Waals surface area contributed by atoms with Gasteiger partial charge in [0.05, 0.1) is 16.2 Å². The van der Waals surface area contributed by atoms with Crippen molar-refractivity contribution in [2.45, 2.75) is 137 Å². The minimum atomic E-state index is -0.830. The summed E-state index contributed by atoms with van der Waals surface area (Å²) in [6.07, 6.45) is 9.40. The SMILES string of the molecule is CCC(C)(CCC(C)(CCC(C)(C)C(=O)OC(C)(C)C)C(=O)OC12CC3CC(CC(C3)C1)C2)C(=O)OCCN(C)C. The number of carbonyl (C=O) groups excluding carboxylic acids is 3. The van der Waals surface area contributed by atoms with Crippen molar-refractivity contribution in [2.24, 2.45) is 34.0 Å². The summed E-state index contributed by atoms with van der Waals surface area (Å²) in [6, 6.07) is 0.